The standard InChI is InChI=1S/C21H18ClN3O5/c1-24-12-17(25(27)28)21(23-24)18(26)9-7-14-8-10-19(29-2)15(11-14)13-30-20-6-4-3-5-16(20)22/h3-12H,13H2,1-2H3/b9-7+. The predicted molar refractivity (Wildman–Crippen MR) is 112 cm³/mol. The summed E-state index contributed by atoms with van der Waals surface area (Å²) in [6, 6.07) is 12.4. The van der Waals surface area contributed by atoms with E-state index in [1.165, 1.54) is 24.0 Å². The molecule has 3 rings (SSSR count). The minimum absolute atomic E-state index is 0.203. The van der Waals surface area contributed by atoms with Gasteiger partial charge in [-0.15, -0.1) is 0 Å². The number of ketones is 1. The Kier molecular flexibility index (Phi) is 6.48. The van der Waals surface area contributed by atoms with E-state index in [2.05, 4.69) is 5.10 Å². The Morgan fingerprint density at radius 3 is 2.73 bits per heavy atom. The Hall–Kier alpha value is -3.65. The maximum absolute atomic E-state index is 12.4. The van der Waals surface area contributed by atoms with Gasteiger partial charge in [0.05, 0.1) is 17.1 Å². The Balaban J connectivity index is 1.80. The molecule has 0 unspecified atom stereocenters. The second-order valence-corrected chi connectivity index (χ2v) is 6.69. The summed E-state index contributed by atoms with van der Waals surface area (Å²) in [5, 5.41) is 15.5. The number of nitro groups is 1. The van der Waals surface area contributed by atoms with E-state index in [1.807, 2.05) is 12.1 Å². The van der Waals surface area contributed by atoms with E-state index >= 15 is 0 Å². The van der Waals surface area contributed by atoms with Gasteiger partial charge in [0.15, 0.2) is 0 Å². The third kappa shape index (κ3) is 4.84. The molecular weight excluding hydrogens is 410 g/mol. The van der Waals surface area contributed by atoms with Crippen LogP contribution in [-0.4, -0.2) is 27.6 Å². The fraction of sp³-hybridized carbons (Fsp3) is 0.143. The molecule has 0 radical (unpaired) electrons. The van der Waals surface area contributed by atoms with Crippen molar-refractivity contribution in [2.75, 3.05) is 7.11 Å². The van der Waals surface area contributed by atoms with Gasteiger partial charge in [0.2, 0.25) is 11.5 Å². The van der Waals surface area contributed by atoms with Crippen molar-refractivity contribution in [3.8, 4) is 11.5 Å². The van der Waals surface area contributed by atoms with Crippen LogP contribution in [0.5, 0.6) is 11.5 Å². The zero-order valence-electron chi connectivity index (χ0n) is 16.2. The van der Waals surface area contributed by atoms with Gasteiger partial charge in [0.1, 0.15) is 24.3 Å². The number of nitrogens with zero attached hydrogens (tertiary/aromatic N) is 3. The van der Waals surface area contributed by atoms with Crippen LogP contribution in [0.25, 0.3) is 6.08 Å². The number of ether oxygens (including phenoxy) is 2. The van der Waals surface area contributed by atoms with Gasteiger partial charge < -0.3 is 9.47 Å². The number of aromatic nitrogens is 2. The molecule has 2 aromatic carbocycles. The number of allylic oxidation sites excluding steroid dienone is 1. The van der Waals surface area contributed by atoms with Crippen molar-refractivity contribution in [3.63, 3.8) is 0 Å². The molecule has 0 aliphatic carbocycles. The summed E-state index contributed by atoms with van der Waals surface area (Å²) in [4.78, 5) is 22.8. The van der Waals surface area contributed by atoms with Crippen LogP contribution in [0.4, 0.5) is 5.69 Å². The highest BCUT2D eigenvalue weighted by atomic mass is 35.5. The zero-order chi connectivity index (χ0) is 21.7. The van der Waals surface area contributed by atoms with E-state index in [1.54, 1.807) is 43.5 Å². The lowest BCUT2D eigenvalue weighted by Crippen LogP contribution is -2.01. The molecule has 0 N–H and O–H groups in total. The van der Waals surface area contributed by atoms with E-state index in [0.29, 0.717) is 22.1 Å². The average molecular weight is 428 g/mol. The first-order valence-corrected chi connectivity index (χ1v) is 9.21. The number of rotatable bonds is 8. The Labute approximate surface area is 177 Å². The van der Waals surface area contributed by atoms with Crippen molar-refractivity contribution in [2.45, 2.75) is 6.61 Å². The molecule has 0 spiro atoms. The van der Waals surface area contributed by atoms with E-state index < -0.39 is 10.7 Å². The van der Waals surface area contributed by atoms with Gasteiger partial charge in [0, 0.05) is 12.6 Å². The van der Waals surface area contributed by atoms with Crippen molar-refractivity contribution in [1.29, 1.82) is 0 Å². The molecule has 0 saturated carbocycles. The van der Waals surface area contributed by atoms with Crippen LogP contribution in [0.2, 0.25) is 5.02 Å². The molecule has 30 heavy (non-hydrogen) atoms. The first-order valence-electron chi connectivity index (χ1n) is 8.83. The SMILES string of the molecule is COc1ccc(/C=C/C(=O)c2nn(C)cc2[N+](=O)[O-])cc1COc1ccccc1Cl. The molecule has 0 bridgehead atoms. The maximum Gasteiger partial charge on any atom is 0.318 e. The van der Waals surface area contributed by atoms with Crippen LogP contribution < -0.4 is 9.47 Å². The largest absolute Gasteiger partial charge is 0.496 e. The van der Waals surface area contributed by atoms with Crippen molar-refractivity contribution < 1.29 is 19.2 Å². The van der Waals surface area contributed by atoms with Crippen LogP contribution in [0.3, 0.4) is 0 Å². The molecule has 0 atom stereocenters. The highest BCUT2D eigenvalue weighted by Crippen LogP contribution is 2.27. The maximum atomic E-state index is 12.4. The minimum Gasteiger partial charge on any atom is -0.496 e. The molecule has 1 aromatic heterocycles. The minimum atomic E-state index is -0.633. The van der Waals surface area contributed by atoms with Gasteiger partial charge in [-0.2, -0.15) is 5.10 Å². The fourth-order valence-corrected chi connectivity index (χ4v) is 2.96. The number of benzene rings is 2. The van der Waals surface area contributed by atoms with Crippen molar-refractivity contribution in [2.24, 2.45) is 7.05 Å². The molecule has 8 nitrogen and oxygen atoms in total. The molecule has 0 aliphatic heterocycles. The highest BCUT2D eigenvalue weighted by Gasteiger charge is 2.23. The Morgan fingerprint density at radius 2 is 2.03 bits per heavy atom. The molecule has 0 amide bonds. The van der Waals surface area contributed by atoms with Gasteiger partial charge in [0.25, 0.3) is 0 Å². The molecule has 3 aromatic rings. The second-order valence-electron chi connectivity index (χ2n) is 6.28. The molecule has 154 valence electrons. The summed E-state index contributed by atoms with van der Waals surface area (Å²) in [6.07, 6.45) is 3.99. The van der Waals surface area contributed by atoms with Gasteiger partial charge in [-0.25, -0.2) is 0 Å². The summed E-state index contributed by atoms with van der Waals surface area (Å²) in [6.45, 7) is 0.203. The van der Waals surface area contributed by atoms with Gasteiger partial charge in [-0.05, 0) is 35.9 Å². The number of methoxy groups -OCH3 is 1. The van der Waals surface area contributed by atoms with Crippen LogP contribution in [0.1, 0.15) is 21.6 Å². The lowest BCUT2D eigenvalue weighted by atomic mass is 10.1. The van der Waals surface area contributed by atoms with Gasteiger partial charge in [-0.3, -0.25) is 19.6 Å². The van der Waals surface area contributed by atoms with Crippen molar-refractivity contribution in [1.82, 2.24) is 9.78 Å². The number of carbonyl (C=O) groups excluding carboxylic acids is 1. The molecule has 0 aliphatic rings. The summed E-state index contributed by atoms with van der Waals surface area (Å²) in [5.41, 5.74) is 0.890. The normalized spacial score (nSPS) is 10.9. The summed E-state index contributed by atoms with van der Waals surface area (Å²) >= 11 is 6.11. The smallest absolute Gasteiger partial charge is 0.318 e. The topological polar surface area (TPSA) is 96.5 Å². The lowest BCUT2D eigenvalue weighted by molar-refractivity contribution is -0.385. The summed E-state index contributed by atoms with van der Waals surface area (Å²) in [7, 11) is 3.07. The van der Waals surface area contributed by atoms with Gasteiger partial charge >= 0.3 is 5.69 Å². The quantitative estimate of drug-likeness (QED) is 0.228. The zero-order valence-corrected chi connectivity index (χ0v) is 17.0. The number of hydrogen-bond donors (Lipinski definition) is 0. The first kappa shape index (κ1) is 21.1. The lowest BCUT2D eigenvalue weighted by Gasteiger charge is -2.12. The Morgan fingerprint density at radius 1 is 1.27 bits per heavy atom. The van der Waals surface area contributed by atoms with Crippen LogP contribution in [0.15, 0.2) is 54.7 Å². The summed E-state index contributed by atoms with van der Waals surface area (Å²) in [5.74, 6) is 0.595. The molecule has 0 fully saturated rings. The first-order chi connectivity index (χ1) is 14.4. The molecule has 1 heterocycles. The van der Waals surface area contributed by atoms with Crippen molar-refractivity contribution in [3.05, 3.63) is 86.7 Å². The predicted octanol–water partition coefficient (Wildman–Crippen LogP) is 4.47. The van der Waals surface area contributed by atoms with Crippen LogP contribution >= 0.6 is 11.6 Å². The number of para-hydroxylation sites is 1. The van der Waals surface area contributed by atoms with Crippen LogP contribution in [-0.2, 0) is 13.7 Å². The number of halogens is 1. The number of aryl methyl sites for hydroxylation is 1. The van der Waals surface area contributed by atoms with E-state index in [-0.39, 0.29) is 18.0 Å². The average Bonchev–Trinajstić information content (AvgIpc) is 3.13. The monoisotopic (exact) mass is 427 g/mol. The third-order valence-corrected chi connectivity index (χ3v) is 4.50. The van der Waals surface area contributed by atoms with Crippen molar-refractivity contribution >= 4 is 29.1 Å². The molecular formula is C21H18ClN3O5. The third-order valence-electron chi connectivity index (χ3n) is 4.19. The highest BCUT2D eigenvalue weighted by molar-refractivity contribution is 6.32. The summed E-state index contributed by atoms with van der Waals surface area (Å²) < 4.78 is 12.4. The molecule has 0 saturated heterocycles. The van der Waals surface area contributed by atoms with E-state index in [0.717, 1.165) is 5.56 Å². The second kappa shape index (κ2) is 9.23. The molecule has 9 heteroatoms. The van der Waals surface area contributed by atoms with E-state index in [9.17, 15) is 14.9 Å². The number of hydrogen-bond acceptors (Lipinski definition) is 6. The Bertz CT molecular complexity index is 1120. The van der Waals surface area contributed by atoms with Crippen LogP contribution in [0, 0.1) is 10.1 Å². The fourth-order valence-electron chi connectivity index (χ4n) is 2.77. The van der Waals surface area contributed by atoms with Gasteiger partial charge in [-0.1, -0.05) is 35.9 Å². The number of carbonyl (C=O) groups is 1. The van der Waals surface area contributed by atoms with E-state index in [4.69, 9.17) is 21.1 Å².